The average Bonchev–Trinajstić information content (AvgIpc) is 2.67. The van der Waals surface area contributed by atoms with Crippen LogP contribution in [0.15, 0.2) is 12.1 Å². The van der Waals surface area contributed by atoms with Gasteiger partial charge >= 0.3 is 0 Å². The Kier molecular flexibility index (Phi) is 4.66. The molecule has 0 saturated heterocycles. The van der Waals surface area contributed by atoms with E-state index < -0.39 is 0 Å². The van der Waals surface area contributed by atoms with Gasteiger partial charge < -0.3 is 14.8 Å². The van der Waals surface area contributed by atoms with Gasteiger partial charge in [-0.1, -0.05) is 20.3 Å². The van der Waals surface area contributed by atoms with Crippen molar-refractivity contribution in [2.45, 2.75) is 39.7 Å². The second-order valence-corrected chi connectivity index (χ2v) is 6.52. The van der Waals surface area contributed by atoms with Crippen LogP contribution in [0, 0.1) is 0 Å². The van der Waals surface area contributed by atoms with E-state index in [0.717, 1.165) is 50.6 Å². The van der Waals surface area contributed by atoms with Crippen molar-refractivity contribution in [3.63, 3.8) is 0 Å². The molecule has 1 aromatic heterocycles. The Balaban J connectivity index is 2.06. The Morgan fingerprint density at radius 2 is 1.90 bits per heavy atom. The predicted molar refractivity (Wildman–Crippen MR) is 88.8 cm³/mol. The van der Waals surface area contributed by atoms with E-state index in [1.165, 1.54) is 26.9 Å². The summed E-state index contributed by atoms with van der Waals surface area (Å²) in [5, 5.41) is 4.80. The molecule has 3 rings (SSSR count). The van der Waals surface area contributed by atoms with Gasteiger partial charge in [0.25, 0.3) is 0 Å². The fraction of sp³-hybridized carbons (Fsp3) is 0.529. The molecular weight excluding hydrogens is 282 g/mol. The summed E-state index contributed by atoms with van der Waals surface area (Å²) in [6.07, 6.45) is 3.25. The molecule has 0 aliphatic carbocycles. The van der Waals surface area contributed by atoms with Crippen molar-refractivity contribution in [2.24, 2.45) is 0 Å². The first-order valence-electron chi connectivity index (χ1n) is 7.88. The molecule has 0 fully saturated rings. The topological polar surface area (TPSA) is 30.5 Å². The number of fused-ring (bicyclic) bond motifs is 2. The third-order valence-corrected chi connectivity index (χ3v) is 4.97. The Labute approximate surface area is 130 Å². The zero-order chi connectivity index (χ0) is 14.7. The van der Waals surface area contributed by atoms with Crippen molar-refractivity contribution in [1.82, 2.24) is 5.32 Å². The lowest BCUT2D eigenvalue weighted by Crippen LogP contribution is -2.11. The van der Waals surface area contributed by atoms with E-state index in [9.17, 15) is 0 Å². The van der Waals surface area contributed by atoms with E-state index >= 15 is 0 Å². The Hall–Kier alpha value is -1.26. The lowest BCUT2D eigenvalue weighted by Gasteiger charge is -2.08. The average molecular weight is 305 g/mol. The minimum Gasteiger partial charge on any atom is -0.490 e. The molecule has 3 nitrogen and oxygen atoms in total. The van der Waals surface area contributed by atoms with Crippen molar-refractivity contribution in [3.8, 4) is 11.5 Å². The molecule has 2 aromatic rings. The van der Waals surface area contributed by atoms with Crippen molar-refractivity contribution in [1.29, 1.82) is 0 Å². The van der Waals surface area contributed by atoms with Crippen molar-refractivity contribution in [3.05, 3.63) is 22.6 Å². The maximum atomic E-state index is 5.84. The van der Waals surface area contributed by atoms with Crippen LogP contribution in [0.4, 0.5) is 0 Å². The van der Waals surface area contributed by atoms with E-state index in [-0.39, 0.29) is 0 Å². The Bertz CT molecular complexity index is 621. The Morgan fingerprint density at radius 1 is 1.14 bits per heavy atom. The number of hydrogen-bond donors (Lipinski definition) is 1. The molecule has 0 atom stereocenters. The summed E-state index contributed by atoms with van der Waals surface area (Å²) in [7, 11) is 0. The second kappa shape index (κ2) is 6.67. The third-order valence-electron chi connectivity index (χ3n) is 3.78. The van der Waals surface area contributed by atoms with Crippen LogP contribution in [0.25, 0.3) is 10.1 Å². The quantitative estimate of drug-likeness (QED) is 0.901. The smallest absolute Gasteiger partial charge is 0.162 e. The molecule has 0 radical (unpaired) electrons. The maximum Gasteiger partial charge on any atom is 0.162 e. The first-order valence-corrected chi connectivity index (χ1v) is 8.69. The van der Waals surface area contributed by atoms with Crippen LogP contribution >= 0.6 is 11.3 Å². The van der Waals surface area contributed by atoms with Gasteiger partial charge in [0.15, 0.2) is 11.5 Å². The highest BCUT2D eigenvalue weighted by Gasteiger charge is 2.17. The highest BCUT2D eigenvalue weighted by molar-refractivity contribution is 7.19. The molecule has 1 aromatic carbocycles. The highest BCUT2D eigenvalue weighted by Crippen LogP contribution is 2.40. The summed E-state index contributed by atoms with van der Waals surface area (Å²) in [5.41, 5.74) is 1.48. The molecule has 4 heteroatoms. The standard InChI is InChI=1S/C17H23NO2S/c1-3-6-12-13-9-14-15(20-8-5-7-19-14)10-16(13)21-17(12)11-18-4-2/h9-10,18H,3-8,11H2,1-2H3. The minimum absolute atomic E-state index is 0.746. The molecule has 0 unspecified atom stereocenters. The van der Waals surface area contributed by atoms with Crippen LogP contribution in [0.2, 0.25) is 0 Å². The fourth-order valence-corrected chi connectivity index (χ4v) is 3.99. The lowest BCUT2D eigenvalue weighted by atomic mass is 10.1. The molecule has 1 aliphatic rings. The zero-order valence-corrected chi connectivity index (χ0v) is 13.6. The summed E-state index contributed by atoms with van der Waals surface area (Å²) in [6.45, 7) is 7.84. The number of hydrogen-bond acceptors (Lipinski definition) is 4. The number of ether oxygens (including phenoxy) is 2. The van der Waals surface area contributed by atoms with Crippen LogP contribution < -0.4 is 14.8 Å². The van der Waals surface area contributed by atoms with Crippen LogP contribution in [0.3, 0.4) is 0 Å². The van der Waals surface area contributed by atoms with Gasteiger partial charge in [-0.3, -0.25) is 0 Å². The van der Waals surface area contributed by atoms with E-state index in [0.29, 0.717) is 0 Å². The summed E-state index contributed by atoms with van der Waals surface area (Å²) >= 11 is 1.89. The van der Waals surface area contributed by atoms with E-state index in [1.54, 1.807) is 0 Å². The summed E-state index contributed by atoms with van der Waals surface area (Å²) in [5.74, 6) is 1.81. The summed E-state index contributed by atoms with van der Waals surface area (Å²) in [6, 6.07) is 4.35. The number of thiophene rings is 1. The van der Waals surface area contributed by atoms with Crippen LogP contribution in [-0.2, 0) is 13.0 Å². The van der Waals surface area contributed by atoms with Gasteiger partial charge in [0.2, 0.25) is 0 Å². The van der Waals surface area contributed by atoms with Crippen LogP contribution in [0.1, 0.15) is 37.1 Å². The second-order valence-electron chi connectivity index (χ2n) is 5.38. The first-order chi connectivity index (χ1) is 10.3. The molecule has 0 bridgehead atoms. The molecule has 0 spiro atoms. The van der Waals surface area contributed by atoms with Crippen molar-refractivity contribution < 1.29 is 9.47 Å². The highest BCUT2D eigenvalue weighted by atomic mass is 32.1. The number of rotatable bonds is 5. The SMILES string of the molecule is CCCc1c(CNCC)sc2cc3c(cc12)OCCCO3. The van der Waals surface area contributed by atoms with Gasteiger partial charge in [-0.2, -0.15) is 0 Å². The molecule has 21 heavy (non-hydrogen) atoms. The van der Waals surface area contributed by atoms with E-state index in [4.69, 9.17) is 9.47 Å². The maximum absolute atomic E-state index is 5.84. The zero-order valence-electron chi connectivity index (χ0n) is 12.8. The normalized spacial score (nSPS) is 14.4. The predicted octanol–water partition coefficient (Wildman–Crippen LogP) is 4.12. The lowest BCUT2D eigenvalue weighted by molar-refractivity contribution is 0.297. The molecule has 2 heterocycles. The van der Waals surface area contributed by atoms with Gasteiger partial charge in [-0.05, 0) is 30.0 Å². The number of aryl methyl sites for hydroxylation is 1. The van der Waals surface area contributed by atoms with Gasteiger partial charge in [0.1, 0.15) is 0 Å². The third kappa shape index (κ3) is 3.01. The first kappa shape index (κ1) is 14.7. The van der Waals surface area contributed by atoms with Gasteiger partial charge in [0.05, 0.1) is 13.2 Å². The molecule has 1 N–H and O–H groups in total. The summed E-state index contributed by atoms with van der Waals surface area (Å²) in [4.78, 5) is 1.45. The Morgan fingerprint density at radius 3 is 2.62 bits per heavy atom. The van der Waals surface area contributed by atoms with Crippen molar-refractivity contribution >= 4 is 21.4 Å². The van der Waals surface area contributed by atoms with E-state index in [1.807, 2.05) is 11.3 Å². The fourth-order valence-electron chi connectivity index (χ4n) is 2.76. The van der Waals surface area contributed by atoms with Crippen LogP contribution in [-0.4, -0.2) is 19.8 Å². The molecule has 114 valence electrons. The van der Waals surface area contributed by atoms with Gasteiger partial charge in [0, 0.05) is 28.6 Å². The summed E-state index contributed by atoms with van der Waals surface area (Å²) < 4.78 is 13.0. The monoisotopic (exact) mass is 305 g/mol. The molecular formula is C17H23NO2S. The molecule has 1 aliphatic heterocycles. The van der Waals surface area contributed by atoms with Gasteiger partial charge in [-0.25, -0.2) is 0 Å². The number of nitrogens with one attached hydrogen (secondary N) is 1. The van der Waals surface area contributed by atoms with Crippen LogP contribution in [0.5, 0.6) is 11.5 Å². The molecule has 0 amide bonds. The van der Waals surface area contributed by atoms with Gasteiger partial charge in [-0.15, -0.1) is 11.3 Å². The van der Waals surface area contributed by atoms with Crippen molar-refractivity contribution in [2.75, 3.05) is 19.8 Å². The molecule has 0 saturated carbocycles. The van der Waals surface area contributed by atoms with E-state index in [2.05, 4.69) is 31.3 Å². The largest absolute Gasteiger partial charge is 0.490 e. The number of benzene rings is 1. The minimum atomic E-state index is 0.746.